The molecule has 26 heavy (non-hydrogen) atoms. The van der Waals surface area contributed by atoms with E-state index in [1.165, 1.54) is 0 Å². The molecule has 0 amide bonds. The Hall–Kier alpha value is -2.36. The van der Waals surface area contributed by atoms with Crippen LogP contribution in [0.1, 0.15) is 5.56 Å². The van der Waals surface area contributed by atoms with E-state index in [2.05, 4.69) is 32.6 Å². The maximum atomic E-state index is 13.3. The zero-order valence-electron chi connectivity index (χ0n) is 13.5. The molecule has 0 fully saturated rings. The van der Waals surface area contributed by atoms with Crippen molar-refractivity contribution in [1.29, 1.82) is 0 Å². The molecule has 3 aromatic rings. The van der Waals surface area contributed by atoms with Crippen LogP contribution in [0.15, 0.2) is 60.8 Å². The number of ether oxygens (including phenoxy) is 1. The van der Waals surface area contributed by atoms with Crippen LogP contribution in [0, 0.1) is 3.57 Å². The summed E-state index contributed by atoms with van der Waals surface area (Å²) in [5, 5.41) is 0. The molecule has 0 N–H and O–H groups in total. The van der Waals surface area contributed by atoms with E-state index in [9.17, 15) is 13.2 Å². The molecule has 1 aromatic heterocycles. The molecule has 0 saturated heterocycles. The lowest BCUT2D eigenvalue weighted by Gasteiger charge is -2.20. The molecule has 3 rings (SSSR count). The van der Waals surface area contributed by atoms with E-state index in [0.29, 0.717) is 0 Å². The van der Waals surface area contributed by atoms with E-state index >= 15 is 0 Å². The van der Waals surface area contributed by atoms with Gasteiger partial charge in [-0.05, 0) is 46.9 Å². The Labute approximate surface area is 161 Å². The van der Waals surface area contributed by atoms with Gasteiger partial charge in [0.25, 0.3) is 0 Å². The van der Waals surface area contributed by atoms with Crippen molar-refractivity contribution in [3.05, 3.63) is 69.9 Å². The smallest absolute Gasteiger partial charge is 0.423 e. The van der Waals surface area contributed by atoms with Crippen LogP contribution in [0.2, 0.25) is 0 Å². The summed E-state index contributed by atoms with van der Waals surface area (Å²) in [6.45, 7) is 0. The van der Waals surface area contributed by atoms with Crippen molar-refractivity contribution in [3.63, 3.8) is 0 Å². The Balaban J connectivity index is 2.03. The number of halogens is 4. The summed E-state index contributed by atoms with van der Waals surface area (Å²) in [6, 6.07) is 15.6. The predicted molar refractivity (Wildman–Crippen MR) is 101 cm³/mol. The number of aromatic nitrogens is 2. The third kappa shape index (κ3) is 4.06. The molecule has 8 heteroatoms. The SMILES string of the molecule is CN(c1ncc(C(F)(F)F)c(Oc2ccccc2)n1)c1ccccc1I. The minimum Gasteiger partial charge on any atom is -0.438 e. The number of alkyl halides is 3. The summed E-state index contributed by atoms with van der Waals surface area (Å²) in [5.74, 6) is -0.167. The van der Waals surface area contributed by atoms with Crippen LogP contribution in [-0.2, 0) is 6.18 Å². The second-order valence-corrected chi connectivity index (χ2v) is 6.47. The Morgan fingerprint density at radius 2 is 1.65 bits per heavy atom. The summed E-state index contributed by atoms with van der Waals surface area (Å²) in [6.07, 6.45) is -3.88. The van der Waals surface area contributed by atoms with E-state index in [4.69, 9.17) is 4.74 Å². The van der Waals surface area contributed by atoms with Gasteiger partial charge in [0.15, 0.2) is 0 Å². The third-order valence-electron chi connectivity index (χ3n) is 3.52. The number of benzene rings is 2. The molecule has 0 saturated carbocycles. The van der Waals surface area contributed by atoms with Crippen molar-refractivity contribution < 1.29 is 17.9 Å². The lowest BCUT2D eigenvalue weighted by molar-refractivity contribution is -0.139. The number of hydrogen-bond acceptors (Lipinski definition) is 4. The van der Waals surface area contributed by atoms with Gasteiger partial charge in [0.05, 0.1) is 5.69 Å². The molecule has 0 aliphatic carbocycles. The van der Waals surface area contributed by atoms with Crippen LogP contribution in [0.3, 0.4) is 0 Å². The van der Waals surface area contributed by atoms with Gasteiger partial charge in [0, 0.05) is 16.8 Å². The standard InChI is InChI=1S/C18H13F3IN3O/c1-25(15-10-6-5-9-14(15)22)17-23-11-13(18(19,20)21)16(24-17)26-12-7-3-2-4-8-12/h2-11H,1H3. The number of anilines is 2. The predicted octanol–water partition coefficient (Wildman–Crippen LogP) is 5.66. The highest BCUT2D eigenvalue weighted by Crippen LogP contribution is 2.38. The summed E-state index contributed by atoms with van der Waals surface area (Å²) < 4.78 is 46.2. The molecule has 4 nitrogen and oxygen atoms in total. The zero-order chi connectivity index (χ0) is 18.7. The van der Waals surface area contributed by atoms with Crippen molar-refractivity contribution in [2.24, 2.45) is 0 Å². The first-order chi connectivity index (χ1) is 12.4. The summed E-state index contributed by atoms with van der Waals surface area (Å²) in [7, 11) is 1.69. The van der Waals surface area contributed by atoms with Gasteiger partial charge in [-0.25, -0.2) is 4.98 Å². The molecule has 0 bridgehead atoms. The fraction of sp³-hybridized carbons (Fsp3) is 0.111. The maximum absolute atomic E-state index is 13.3. The fourth-order valence-corrected chi connectivity index (χ4v) is 2.97. The quantitative estimate of drug-likeness (QED) is 0.461. The second kappa shape index (κ2) is 7.48. The Kier molecular flexibility index (Phi) is 5.30. The van der Waals surface area contributed by atoms with Gasteiger partial charge < -0.3 is 9.64 Å². The molecule has 0 aliphatic rings. The van der Waals surface area contributed by atoms with E-state index < -0.39 is 17.6 Å². The molecule has 0 spiro atoms. The average Bonchev–Trinajstić information content (AvgIpc) is 2.61. The highest BCUT2D eigenvalue weighted by atomic mass is 127. The number of para-hydroxylation sites is 2. The molecular formula is C18H13F3IN3O. The molecule has 0 radical (unpaired) electrons. The molecule has 2 aromatic carbocycles. The van der Waals surface area contributed by atoms with Gasteiger partial charge in [-0.1, -0.05) is 30.3 Å². The van der Waals surface area contributed by atoms with Gasteiger partial charge in [-0.15, -0.1) is 0 Å². The minimum atomic E-state index is -4.62. The van der Waals surface area contributed by atoms with Crippen LogP contribution in [0.5, 0.6) is 11.6 Å². The molecule has 134 valence electrons. The second-order valence-electron chi connectivity index (χ2n) is 5.31. The van der Waals surface area contributed by atoms with Crippen LogP contribution >= 0.6 is 22.6 Å². The molecule has 1 heterocycles. The van der Waals surface area contributed by atoms with Crippen LogP contribution in [0.4, 0.5) is 24.8 Å². The van der Waals surface area contributed by atoms with Crippen molar-refractivity contribution in [2.45, 2.75) is 6.18 Å². The van der Waals surface area contributed by atoms with Crippen molar-refractivity contribution in [3.8, 4) is 11.6 Å². The largest absolute Gasteiger partial charge is 0.438 e. The highest BCUT2D eigenvalue weighted by Gasteiger charge is 2.36. The number of nitrogens with zero attached hydrogens (tertiary/aromatic N) is 3. The summed E-state index contributed by atoms with van der Waals surface area (Å²) in [5.41, 5.74) is -0.250. The zero-order valence-corrected chi connectivity index (χ0v) is 15.7. The van der Waals surface area contributed by atoms with Gasteiger partial charge in [-0.2, -0.15) is 18.2 Å². The lowest BCUT2D eigenvalue weighted by atomic mass is 10.3. The number of rotatable bonds is 4. The van der Waals surface area contributed by atoms with Crippen LogP contribution in [0.25, 0.3) is 0 Å². The first-order valence-electron chi connectivity index (χ1n) is 7.51. The van der Waals surface area contributed by atoms with Gasteiger partial charge in [0.2, 0.25) is 11.8 Å². The van der Waals surface area contributed by atoms with Gasteiger partial charge >= 0.3 is 6.18 Å². The Bertz CT molecular complexity index is 904. The molecule has 0 aliphatic heterocycles. The lowest BCUT2D eigenvalue weighted by Crippen LogP contribution is -2.17. The van der Waals surface area contributed by atoms with Crippen molar-refractivity contribution in [1.82, 2.24) is 9.97 Å². The van der Waals surface area contributed by atoms with Crippen molar-refractivity contribution >= 4 is 34.2 Å². The maximum Gasteiger partial charge on any atom is 0.423 e. The highest BCUT2D eigenvalue weighted by molar-refractivity contribution is 14.1. The van der Waals surface area contributed by atoms with Gasteiger partial charge in [0.1, 0.15) is 11.3 Å². The van der Waals surface area contributed by atoms with E-state index in [1.807, 2.05) is 24.3 Å². The Morgan fingerprint density at radius 1 is 1.00 bits per heavy atom. The Morgan fingerprint density at radius 3 is 2.31 bits per heavy atom. The third-order valence-corrected chi connectivity index (χ3v) is 4.43. The number of hydrogen-bond donors (Lipinski definition) is 0. The first kappa shape index (κ1) is 18.4. The molecular weight excluding hydrogens is 458 g/mol. The minimum absolute atomic E-state index is 0.105. The van der Waals surface area contributed by atoms with Crippen molar-refractivity contribution in [2.75, 3.05) is 11.9 Å². The monoisotopic (exact) mass is 471 g/mol. The molecule has 0 atom stereocenters. The van der Waals surface area contributed by atoms with Crippen LogP contribution in [-0.4, -0.2) is 17.0 Å². The van der Waals surface area contributed by atoms with Gasteiger partial charge in [-0.3, -0.25) is 0 Å². The fourth-order valence-electron chi connectivity index (χ4n) is 2.22. The topological polar surface area (TPSA) is 38.2 Å². The van der Waals surface area contributed by atoms with E-state index in [1.54, 1.807) is 42.3 Å². The van der Waals surface area contributed by atoms with E-state index in [-0.39, 0.29) is 11.7 Å². The van der Waals surface area contributed by atoms with Crippen LogP contribution < -0.4 is 9.64 Å². The summed E-state index contributed by atoms with van der Waals surface area (Å²) >= 11 is 2.14. The first-order valence-corrected chi connectivity index (χ1v) is 8.59. The van der Waals surface area contributed by atoms with E-state index in [0.717, 1.165) is 15.5 Å². The molecule has 0 unspecified atom stereocenters. The normalized spacial score (nSPS) is 11.3. The average molecular weight is 471 g/mol. The summed E-state index contributed by atoms with van der Waals surface area (Å²) in [4.78, 5) is 9.51.